The second-order valence-corrected chi connectivity index (χ2v) is 8.63. The molecular weight excluding hydrogens is 382 g/mol. The Morgan fingerprint density at radius 1 is 1.17 bits per heavy atom. The fraction of sp³-hybridized carbons (Fsp3) is 0.909. The molecule has 1 N–H and O–H groups in total. The monoisotopic (exact) mass is 423 g/mol. The summed E-state index contributed by atoms with van der Waals surface area (Å²) in [7, 11) is 0. The first-order valence-corrected chi connectivity index (χ1v) is 11.9. The van der Waals surface area contributed by atoms with Crippen molar-refractivity contribution in [3.8, 4) is 0 Å². The van der Waals surface area contributed by atoms with E-state index in [-0.39, 0.29) is 6.04 Å². The van der Waals surface area contributed by atoms with Gasteiger partial charge in [-0.25, -0.2) is 0 Å². The van der Waals surface area contributed by atoms with E-state index in [1.54, 1.807) is 0 Å². The number of nitrogens with zero attached hydrogens (tertiary/aromatic N) is 4. The maximum atomic E-state index is 12.7. The number of likely N-dealkylation sites (tertiary alicyclic amines) is 1. The quantitative estimate of drug-likeness (QED) is 0.339. The Labute approximate surface area is 181 Å². The first kappa shape index (κ1) is 23.3. The molecule has 30 heavy (non-hydrogen) atoms. The number of guanidine groups is 1. The molecule has 172 valence electrons. The molecule has 8 heteroatoms. The van der Waals surface area contributed by atoms with Crippen molar-refractivity contribution in [2.45, 2.75) is 45.6 Å². The van der Waals surface area contributed by atoms with E-state index in [9.17, 15) is 4.79 Å². The van der Waals surface area contributed by atoms with Crippen molar-refractivity contribution >= 4 is 11.9 Å². The van der Waals surface area contributed by atoms with E-state index in [2.05, 4.69) is 29.0 Å². The van der Waals surface area contributed by atoms with E-state index in [0.717, 1.165) is 110 Å². The van der Waals surface area contributed by atoms with Crippen molar-refractivity contribution in [1.82, 2.24) is 20.0 Å². The number of rotatable bonds is 9. The van der Waals surface area contributed by atoms with Gasteiger partial charge in [-0.3, -0.25) is 14.7 Å². The smallest absolute Gasteiger partial charge is 0.239 e. The van der Waals surface area contributed by atoms with Gasteiger partial charge >= 0.3 is 0 Å². The zero-order valence-corrected chi connectivity index (χ0v) is 19.0. The molecule has 3 saturated heterocycles. The highest BCUT2D eigenvalue weighted by Gasteiger charge is 2.30. The maximum Gasteiger partial charge on any atom is 0.239 e. The van der Waals surface area contributed by atoms with Crippen LogP contribution in [-0.2, 0) is 14.3 Å². The number of carbonyl (C=O) groups is 1. The topological polar surface area (TPSA) is 69.6 Å². The van der Waals surface area contributed by atoms with Gasteiger partial charge in [-0.1, -0.05) is 0 Å². The number of amides is 1. The normalized spacial score (nSPS) is 24.5. The van der Waals surface area contributed by atoms with E-state index in [1.807, 2.05) is 4.90 Å². The predicted molar refractivity (Wildman–Crippen MR) is 119 cm³/mol. The van der Waals surface area contributed by atoms with Crippen molar-refractivity contribution in [1.29, 1.82) is 0 Å². The van der Waals surface area contributed by atoms with Gasteiger partial charge in [0.25, 0.3) is 0 Å². The van der Waals surface area contributed by atoms with Crippen LogP contribution in [0.4, 0.5) is 0 Å². The molecule has 0 bridgehead atoms. The molecule has 0 radical (unpaired) electrons. The summed E-state index contributed by atoms with van der Waals surface area (Å²) in [5.41, 5.74) is 0. The van der Waals surface area contributed by atoms with Crippen LogP contribution in [0, 0.1) is 5.92 Å². The lowest BCUT2D eigenvalue weighted by Crippen LogP contribution is -2.57. The molecule has 3 heterocycles. The number of carbonyl (C=O) groups excluding carboxylic acids is 1. The summed E-state index contributed by atoms with van der Waals surface area (Å²) in [5, 5.41) is 3.42. The van der Waals surface area contributed by atoms with Crippen LogP contribution in [0.3, 0.4) is 0 Å². The number of hydrogen-bond acceptors (Lipinski definition) is 5. The summed E-state index contributed by atoms with van der Waals surface area (Å²) in [6.07, 6.45) is 4.35. The van der Waals surface area contributed by atoms with Crippen LogP contribution in [0.5, 0.6) is 0 Å². The molecule has 3 aliphatic heterocycles. The average Bonchev–Trinajstić information content (AvgIpc) is 3.49. The molecule has 0 saturated carbocycles. The lowest BCUT2D eigenvalue weighted by atomic mass is 10.1. The fourth-order valence-electron chi connectivity index (χ4n) is 4.42. The SMILES string of the molecule is CCNC(=NCCCOCC1CCOC1)N1CCN(C(C)C(=O)N2CCCC2)CC1. The molecule has 3 aliphatic rings. The Bertz CT molecular complexity index is 539. The molecule has 0 aromatic carbocycles. The number of nitrogens with one attached hydrogen (secondary N) is 1. The Balaban J connectivity index is 1.37. The lowest BCUT2D eigenvalue weighted by Gasteiger charge is -2.39. The molecule has 2 unspecified atom stereocenters. The van der Waals surface area contributed by atoms with Gasteiger partial charge in [-0.05, 0) is 39.5 Å². The first-order valence-electron chi connectivity index (χ1n) is 11.9. The highest BCUT2D eigenvalue weighted by Crippen LogP contribution is 2.14. The highest BCUT2D eigenvalue weighted by molar-refractivity contribution is 5.82. The second-order valence-electron chi connectivity index (χ2n) is 8.63. The van der Waals surface area contributed by atoms with Gasteiger partial charge in [0.1, 0.15) is 0 Å². The number of hydrogen-bond donors (Lipinski definition) is 1. The Hall–Kier alpha value is -1.38. The Kier molecular flexibility index (Phi) is 9.68. The van der Waals surface area contributed by atoms with Gasteiger partial charge in [-0.2, -0.15) is 0 Å². The molecule has 2 atom stereocenters. The maximum absolute atomic E-state index is 12.7. The van der Waals surface area contributed by atoms with Crippen molar-refractivity contribution < 1.29 is 14.3 Å². The third-order valence-electron chi connectivity index (χ3n) is 6.36. The molecule has 0 aromatic heterocycles. The van der Waals surface area contributed by atoms with E-state index in [1.165, 1.54) is 0 Å². The van der Waals surface area contributed by atoms with Crippen LogP contribution in [0.15, 0.2) is 4.99 Å². The van der Waals surface area contributed by atoms with E-state index in [0.29, 0.717) is 11.8 Å². The average molecular weight is 424 g/mol. The van der Waals surface area contributed by atoms with Crippen molar-refractivity contribution in [3.63, 3.8) is 0 Å². The minimum Gasteiger partial charge on any atom is -0.381 e. The minimum atomic E-state index is -0.0211. The summed E-state index contributed by atoms with van der Waals surface area (Å²) >= 11 is 0. The molecule has 0 spiro atoms. The number of ether oxygens (including phenoxy) is 2. The standard InChI is InChI=1S/C22H41N5O3/c1-3-23-22(24-8-6-15-29-17-20-7-16-30-18-20)27-13-11-25(12-14-27)19(2)21(28)26-9-4-5-10-26/h19-20H,3-18H2,1-2H3,(H,23,24). The lowest BCUT2D eigenvalue weighted by molar-refractivity contribution is -0.135. The third-order valence-corrected chi connectivity index (χ3v) is 6.36. The van der Waals surface area contributed by atoms with E-state index < -0.39 is 0 Å². The van der Waals surface area contributed by atoms with Crippen LogP contribution in [0.2, 0.25) is 0 Å². The number of aliphatic imine (C=N–C) groups is 1. The van der Waals surface area contributed by atoms with Gasteiger partial charge in [-0.15, -0.1) is 0 Å². The molecule has 3 rings (SSSR count). The zero-order valence-electron chi connectivity index (χ0n) is 19.0. The molecular formula is C22H41N5O3. The molecule has 1 amide bonds. The van der Waals surface area contributed by atoms with Crippen LogP contribution >= 0.6 is 0 Å². The van der Waals surface area contributed by atoms with E-state index >= 15 is 0 Å². The van der Waals surface area contributed by atoms with E-state index in [4.69, 9.17) is 14.5 Å². The largest absolute Gasteiger partial charge is 0.381 e. The van der Waals surface area contributed by atoms with Gasteiger partial charge in [0.15, 0.2) is 5.96 Å². The fourth-order valence-corrected chi connectivity index (χ4v) is 4.42. The van der Waals surface area contributed by atoms with Crippen molar-refractivity contribution in [2.24, 2.45) is 10.9 Å². The predicted octanol–water partition coefficient (Wildman–Crippen LogP) is 1.02. The minimum absolute atomic E-state index is 0.0211. The summed E-state index contributed by atoms with van der Waals surface area (Å²) in [5.74, 6) is 1.85. The molecule has 0 aliphatic carbocycles. The van der Waals surface area contributed by atoms with Crippen LogP contribution in [-0.4, -0.2) is 111 Å². The third kappa shape index (κ3) is 6.82. The van der Waals surface area contributed by atoms with Crippen LogP contribution in [0.25, 0.3) is 0 Å². The first-order chi connectivity index (χ1) is 14.7. The zero-order chi connectivity index (χ0) is 21.2. The molecule has 3 fully saturated rings. The number of piperazine rings is 1. The van der Waals surface area contributed by atoms with Crippen molar-refractivity contribution in [3.05, 3.63) is 0 Å². The van der Waals surface area contributed by atoms with Crippen LogP contribution < -0.4 is 5.32 Å². The molecule has 0 aromatic rings. The van der Waals surface area contributed by atoms with Crippen molar-refractivity contribution in [2.75, 3.05) is 78.8 Å². The second kappa shape index (κ2) is 12.5. The summed E-state index contributed by atoms with van der Waals surface area (Å²) in [6, 6.07) is -0.0211. The summed E-state index contributed by atoms with van der Waals surface area (Å²) in [6.45, 7) is 14.6. The van der Waals surface area contributed by atoms with Gasteiger partial charge in [0.05, 0.1) is 19.3 Å². The Morgan fingerprint density at radius 2 is 1.93 bits per heavy atom. The molecule has 8 nitrogen and oxygen atoms in total. The Morgan fingerprint density at radius 3 is 2.60 bits per heavy atom. The summed E-state index contributed by atoms with van der Waals surface area (Å²) < 4.78 is 11.2. The highest BCUT2D eigenvalue weighted by atomic mass is 16.5. The van der Waals surface area contributed by atoms with Gasteiger partial charge in [0.2, 0.25) is 5.91 Å². The van der Waals surface area contributed by atoms with Gasteiger partial charge < -0.3 is 24.6 Å². The van der Waals surface area contributed by atoms with Gasteiger partial charge in [0, 0.05) is 71.5 Å². The summed E-state index contributed by atoms with van der Waals surface area (Å²) in [4.78, 5) is 24.2. The van der Waals surface area contributed by atoms with Crippen LogP contribution in [0.1, 0.15) is 39.5 Å².